The van der Waals surface area contributed by atoms with Crippen molar-refractivity contribution in [3.05, 3.63) is 34.9 Å². The van der Waals surface area contributed by atoms with Crippen LogP contribution in [0.2, 0.25) is 0 Å². The van der Waals surface area contributed by atoms with Gasteiger partial charge in [0.05, 0.1) is 13.1 Å². The van der Waals surface area contributed by atoms with Gasteiger partial charge in [0.15, 0.2) is 0 Å². The molecule has 1 saturated carbocycles. The summed E-state index contributed by atoms with van der Waals surface area (Å²) in [4.78, 5) is 40.2. The average molecular weight is 372 g/mol. The Morgan fingerprint density at radius 1 is 1.04 bits per heavy atom. The Bertz CT molecular complexity index is 722. The van der Waals surface area contributed by atoms with Gasteiger partial charge in [0.2, 0.25) is 11.8 Å². The summed E-state index contributed by atoms with van der Waals surface area (Å²) in [7, 11) is 0. The number of carbonyl (C=O) groups is 3. The summed E-state index contributed by atoms with van der Waals surface area (Å²) in [5.74, 6) is -0.256. The van der Waals surface area contributed by atoms with E-state index in [1.54, 1.807) is 11.0 Å². The number of nitrogens with one attached hydrogen (secondary N) is 2. The number of hydrogen-bond acceptors (Lipinski definition) is 4. The Morgan fingerprint density at radius 2 is 1.74 bits per heavy atom. The number of piperazine rings is 1. The first-order valence-electron chi connectivity index (χ1n) is 9.57. The third-order valence-electron chi connectivity index (χ3n) is 5.20. The molecular formula is C20H28N4O3. The summed E-state index contributed by atoms with van der Waals surface area (Å²) < 4.78 is 0. The lowest BCUT2D eigenvalue weighted by atomic mass is 10.1. The van der Waals surface area contributed by atoms with Gasteiger partial charge in [-0.2, -0.15) is 0 Å². The fourth-order valence-electron chi connectivity index (χ4n) is 3.11. The monoisotopic (exact) mass is 372 g/mol. The fraction of sp³-hybridized carbons (Fsp3) is 0.550. The maximum absolute atomic E-state index is 12.4. The van der Waals surface area contributed by atoms with Crippen LogP contribution >= 0.6 is 0 Å². The van der Waals surface area contributed by atoms with Gasteiger partial charge < -0.3 is 15.5 Å². The van der Waals surface area contributed by atoms with Crippen LogP contribution in [0.3, 0.4) is 0 Å². The molecule has 3 rings (SSSR count). The van der Waals surface area contributed by atoms with Crippen molar-refractivity contribution in [2.75, 3.05) is 39.3 Å². The molecule has 0 aromatic heterocycles. The summed E-state index contributed by atoms with van der Waals surface area (Å²) in [5, 5.41) is 5.69. The molecule has 146 valence electrons. The standard InChI is InChI=1S/C20H28N4O3/c1-14-3-4-16(11-15(14)2)20(27)21-12-19(26)24-9-7-23(8-10-24)13-18(25)22-17-5-6-17/h3-4,11,17H,5-10,12-13H2,1-2H3,(H,21,27)(H,22,25). The second kappa shape index (κ2) is 8.52. The van der Waals surface area contributed by atoms with Crippen molar-refractivity contribution in [2.24, 2.45) is 0 Å². The van der Waals surface area contributed by atoms with Crippen LogP contribution in [0.1, 0.15) is 34.3 Å². The predicted octanol–water partition coefficient (Wildman–Crippen LogP) is 0.456. The van der Waals surface area contributed by atoms with Crippen LogP contribution in [0, 0.1) is 13.8 Å². The van der Waals surface area contributed by atoms with Crippen molar-refractivity contribution in [1.29, 1.82) is 0 Å². The first-order chi connectivity index (χ1) is 12.9. The number of benzene rings is 1. The highest BCUT2D eigenvalue weighted by atomic mass is 16.2. The van der Waals surface area contributed by atoms with E-state index in [2.05, 4.69) is 15.5 Å². The van der Waals surface area contributed by atoms with Gasteiger partial charge in [-0.1, -0.05) is 6.07 Å². The summed E-state index contributed by atoms with van der Waals surface area (Å²) in [5.41, 5.74) is 2.75. The Balaban J connectivity index is 1.39. The average Bonchev–Trinajstić information content (AvgIpc) is 3.46. The van der Waals surface area contributed by atoms with Gasteiger partial charge in [0.25, 0.3) is 5.91 Å². The third kappa shape index (κ3) is 5.53. The van der Waals surface area contributed by atoms with Gasteiger partial charge in [0.1, 0.15) is 0 Å². The smallest absolute Gasteiger partial charge is 0.251 e. The fourth-order valence-corrected chi connectivity index (χ4v) is 3.11. The minimum atomic E-state index is -0.234. The molecule has 0 atom stereocenters. The molecular weight excluding hydrogens is 344 g/mol. The molecule has 27 heavy (non-hydrogen) atoms. The van der Waals surface area contributed by atoms with Crippen molar-refractivity contribution in [3.63, 3.8) is 0 Å². The lowest BCUT2D eigenvalue weighted by Gasteiger charge is -2.34. The van der Waals surface area contributed by atoms with Crippen LogP contribution in [0.25, 0.3) is 0 Å². The van der Waals surface area contributed by atoms with Crippen molar-refractivity contribution >= 4 is 17.7 Å². The highest BCUT2D eigenvalue weighted by Gasteiger charge is 2.26. The van der Waals surface area contributed by atoms with E-state index in [9.17, 15) is 14.4 Å². The number of nitrogens with zero attached hydrogens (tertiary/aromatic N) is 2. The number of hydrogen-bond donors (Lipinski definition) is 2. The maximum Gasteiger partial charge on any atom is 0.251 e. The molecule has 7 nitrogen and oxygen atoms in total. The normalized spacial score (nSPS) is 17.5. The molecule has 1 saturated heterocycles. The highest BCUT2D eigenvalue weighted by molar-refractivity contribution is 5.96. The Kier molecular flexibility index (Phi) is 6.11. The molecule has 7 heteroatoms. The van der Waals surface area contributed by atoms with Gasteiger partial charge >= 0.3 is 0 Å². The van der Waals surface area contributed by atoms with E-state index in [-0.39, 0.29) is 24.3 Å². The lowest BCUT2D eigenvalue weighted by Crippen LogP contribution is -2.53. The molecule has 2 fully saturated rings. The molecule has 1 aromatic carbocycles. The SMILES string of the molecule is Cc1ccc(C(=O)NCC(=O)N2CCN(CC(=O)NC3CC3)CC2)cc1C. The molecule has 1 aromatic rings. The van der Waals surface area contributed by atoms with E-state index in [1.165, 1.54) is 0 Å². The quantitative estimate of drug-likeness (QED) is 0.760. The first-order valence-corrected chi connectivity index (χ1v) is 9.57. The van der Waals surface area contributed by atoms with Crippen molar-refractivity contribution in [3.8, 4) is 0 Å². The molecule has 1 heterocycles. The van der Waals surface area contributed by atoms with Crippen LogP contribution in [-0.4, -0.2) is 72.8 Å². The number of amides is 3. The van der Waals surface area contributed by atoms with E-state index < -0.39 is 0 Å². The van der Waals surface area contributed by atoms with Crippen molar-refractivity contribution in [2.45, 2.75) is 32.7 Å². The first kappa shape index (κ1) is 19.4. The van der Waals surface area contributed by atoms with Crippen LogP contribution < -0.4 is 10.6 Å². The van der Waals surface area contributed by atoms with E-state index >= 15 is 0 Å². The molecule has 2 aliphatic rings. The van der Waals surface area contributed by atoms with Gasteiger partial charge in [0, 0.05) is 37.8 Å². The van der Waals surface area contributed by atoms with Crippen LogP contribution in [0.5, 0.6) is 0 Å². The number of rotatable bonds is 6. The van der Waals surface area contributed by atoms with Gasteiger partial charge in [-0.3, -0.25) is 19.3 Å². The number of aryl methyl sites for hydroxylation is 2. The summed E-state index contributed by atoms with van der Waals surface area (Å²) in [6.45, 7) is 6.85. The van der Waals surface area contributed by atoms with Gasteiger partial charge in [-0.25, -0.2) is 0 Å². The molecule has 2 N–H and O–H groups in total. The van der Waals surface area contributed by atoms with Crippen LogP contribution in [0.4, 0.5) is 0 Å². The zero-order valence-electron chi connectivity index (χ0n) is 16.1. The second-order valence-electron chi connectivity index (χ2n) is 7.48. The van der Waals surface area contributed by atoms with E-state index in [4.69, 9.17) is 0 Å². The van der Waals surface area contributed by atoms with Gasteiger partial charge in [-0.05, 0) is 49.9 Å². The summed E-state index contributed by atoms with van der Waals surface area (Å²) in [6.07, 6.45) is 2.17. The predicted molar refractivity (Wildman–Crippen MR) is 102 cm³/mol. The Labute approximate surface area is 160 Å². The topological polar surface area (TPSA) is 81.8 Å². The summed E-state index contributed by atoms with van der Waals surface area (Å²) >= 11 is 0. The molecule has 1 aliphatic heterocycles. The summed E-state index contributed by atoms with van der Waals surface area (Å²) in [6, 6.07) is 5.89. The molecule has 0 bridgehead atoms. The van der Waals surface area contributed by atoms with E-state index in [0.717, 1.165) is 24.0 Å². The lowest BCUT2D eigenvalue weighted by molar-refractivity contribution is -0.132. The Hall–Kier alpha value is -2.41. The third-order valence-corrected chi connectivity index (χ3v) is 5.20. The van der Waals surface area contributed by atoms with Gasteiger partial charge in [-0.15, -0.1) is 0 Å². The molecule has 0 radical (unpaired) electrons. The largest absolute Gasteiger partial charge is 0.352 e. The highest BCUT2D eigenvalue weighted by Crippen LogP contribution is 2.18. The molecule has 0 unspecified atom stereocenters. The molecule has 1 aliphatic carbocycles. The minimum absolute atomic E-state index is 0.00603. The van der Waals surface area contributed by atoms with E-state index in [0.29, 0.717) is 44.3 Å². The van der Waals surface area contributed by atoms with Crippen LogP contribution in [-0.2, 0) is 9.59 Å². The van der Waals surface area contributed by atoms with Crippen molar-refractivity contribution in [1.82, 2.24) is 20.4 Å². The van der Waals surface area contributed by atoms with Crippen molar-refractivity contribution < 1.29 is 14.4 Å². The van der Waals surface area contributed by atoms with E-state index in [1.807, 2.05) is 26.0 Å². The Morgan fingerprint density at radius 3 is 2.37 bits per heavy atom. The second-order valence-corrected chi connectivity index (χ2v) is 7.48. The number of carbonyl (C=O) groups excluding carboxylic acids is 3. The zero-order chi connectivity index (χ0) is 19.4. The minimum Gasteiger partial charge on any atom is -0.352 e. The maximum atomic E-state index is 12.4. The molecule has 3 amide bonds. The zero-order valence-corrected chi connectivity index (χ0v) is 16.1. The molecule has 0 spiro atoms. The van der Waals surface area contributed by atoms with Crippen LogP contribution in [0.15, 0.2) is 18.2 Å².